The SMILES string of the molecule is COCCNC(=O)c1ccccc1NC(=O)CN(c1cccc(Br)c1)S(=O)(=O)c1ccc(C)cc1. The number of para-hydroxylation sites is 1. The standard InChI is InChI=1S/C25H26BrN3O5S/c1-18-10-12-21(13-11-18)35(32,33)29(20-7-5-6-19(26)16-20)17-24(30)28-23-9-4-3-8-22(23)25(31)27-14-15-34-2/h3-13,16H,14-15,17H2,1-2H3,(H,27,31)(H,28,30). The lowest BCUT2D eigenvalue weighted by atomic mass is 10.1. The van der Waals surface area contributed by atoms with Gasteiger partial charge < -0.3 is 15.4 Å². The van der Waals surface area contributed by atoms with Gasteiger partial charge in [-0.15, -0.1) is 0 Å². The molecular formula is C25H26BrN3O5S. The number of carbonyl (C=O) groups excluding carboxylic acids is 2. The van der Waals surface area contributed by atoms with Crippen LogP contribution < -0.4 is 14.9 Å². The Bertz CT molecular complexity index is 1300. The van der Waals surface area contributed by atoms with Crippen LogP contribution in [-0.2, 0) is 19.6 Å². The molecule has 2 amide bonds. The van der Waals surface area contributed by atoms with Crippen molar-refractivity contribution in [3.8, 4) is 0 Å². The molecule has 3 rings (SSSR count). The number of hydrogen-bond acceptors (Lipinski definition) is 5. The monoisotopic (exact) mass is 559 g/mol. The van der Waals surface area contributed by atoms with Crippen LogP contribution in [0.5, 0.6) is 0 Å². The van der Waals surface area contributed by atoms with Crippen molar-refractivity contribution >= 4 is 49.1 Å². The Kier molecular flexibility index (Phi) is 9.02. The number of benzene rings is 3. The minimum absolute atomic E-state index is 0.0637. The first-order valence-electron chi connectivity index (χ1n) is 10.7. The van der Waals surface area contributed by atoms with E-state index in [2.05, 4.69) is 26.6 Å². The number of carbonyl (C=O) groups is 2. The summed E-state index contributed by atoms with van der Waals surface area (Å²) >= 11 is 3.36. The topological polar surface area (TPSA) is 105 Å². The number of ether oxygens (including phenoxy) is 1. The van der Waals surface area contributed by atoms with E-state index in [9.17, 15) is 18.0 Å². The average Bonchev–Trinajstić information content (AvgIpc) is 2.83. The lowest BCUT2D eigenvalue weighted by Crippen LogP contribution is -2.38. The Morgan fingerprint density at radius 3 is 2.40 bits per heavy atom. The van der Waals surface area contributed by atoms with Crippen LogP contribution in [0.1, 0.15) is 15.9 Å². The minimum Gasteiger partial charge on any atom is -0.383 e. The molecule has 0 radical (unpaired) electrons. The molecule has 3 aromatic carbocycles. The van der Waals surface area contributed by atoms with E-state index in [1.165, 1.54) is 19.2 Å². The first-order chi connectivity index (χ1) is 16.7. The molecule has 0 aliphatic rings. The molecule has 3 aromatic rings. The molecule has 8 nitrogen and oxygen atoms in total. The lowest BCUT2D eigenvalue weighted by molar-refractivity contribution is -0.114. The van der Waals surface area contributed by atoms with Crippen LogP contribution in [0.4, 0.5) is 11.4 Å². The zero-order valence-electron chi connectivity index (χ0n) is 19.3. The van der Waals surface area contributed by atoms with Gasteiger partial charge in [0.15, 0.2) is 0 Å². The molecule has 184 valence electrons. The van der Waals surface area contributed by atoms with Crippen LogP contribution in [0.3, 0.4) is 0 Å². The van der Waals surface area contributed by atoms with Gasteiger partial charge >= 0.3 is 0 Å². The number of nitrogens with one attached hydrogen (secondary N) is 2. The van der Waals surface area contributed by atoms with E-state index < -0.39 is 22.5 Å². The van der Waals surface area contributed by atoms with Crippen LogP contribution in [0.15, 0.2) is 82.2 Å². The maximum Gasteiger partial charge on any atom is 0.264 e. The van der Waals surface area contributed by atoms with Gasteiger partial charge in [-0.1, -0.05) is 51.8 Å². The van der Waals surface area contributed by atoms with Crippen LogP contribution in [0.25, 0.3) is 0 Å². The number of aryl methyl sites for hydroxylation is 1. The molecule has 0 aliphatic carbocycles. The molecule has 0 atom stereocenters. The summed E-state index contributed by atoms with van der Waals surface area (Å²) in [6.45, 7) is 2.02. The van der Waals surface area contributed by atoms with E-state index in [1.807, 2.05) is 6.92 Å². The van der Waals surface area contributed by atoms with Crippen LogP contribution >= 0.6 is 15.9 Å². The normalized spacial score (nSPS) is 11.1. The summed E-state index contributed by atoms with van der Waals surface area (Å²) in [4.78, 5) is 25.7. The molecule has 0 spiro atoms. The van der Waals surface area contributed by atoms with Gasteiger partial charge in [-0.25, -0.2) is 8.42 Å². The average molecular weight is 560 g/mol. The molecule has 0 heterocycles. The van der Waals surface area contributed by atoms with Gasteiger partial charge in [0, 0.05) is 18.1 Å². The Balaban J connectivity index is 1.89. The Morgan fingerprint density at radius 2 is 1.71 bits per heavy atom. The maximum atomic E-state index is 13.5. The lowest BCUT2D eigenvalue weighted by Gasteiger charge is -2.24. The van der Waals surface area contributed by atoms with Crippen molar-refractivity contribution in [2.75, 3.05) is 36.4 Å². The van der Waals surface area contributed by atoms with E-state index in [0.717, 1.165) is 9.87 Å². The van der Waals surface area contributed by atoms with Crippen molar-refractivity contribution in [1.82, 2.24) is 5.32 Å². The number of hydrogen-bond donors (Lipinski definition) is 2. The molecule has 2 N–H and O–H groups in total. The van der Waals surface area contributed by atoms with E-state index in [-0.39, 0.29) is 22.1 Å². The molecule has 10 heteroatoms. The van der Waals surface area contributed by atoms with E-state index >= 15 is 0 Å². The summed E-state index contributed by atoms with van der Waals surface area (Å²) in [6.07, 6.45) is 0. The number of rotatable bonds is 10. The highest BCUT2D eigenvalue weighted by Crippen LogP contribution is 2.27. The number of sulfonamides is 1. The predicted octanol–water partition coefficient (Wildman–Crippen LogP) is 3.97. The van der Waals surface area contributed by atoms with Gasteiger partial charge in [0.1, 0.15) is 6.54 Å². The fourth-order valence-electron chi connectivity index (χ4n) is 3.26. The third-order valence-electron chi connectivity index (χ3n) is 5.03. The van der Waals surface area contributed by atoms with Crippen LogP contribution in [0, 0.1) is 6.92 Å². The highest BCUT2D eigenvalue weighted by molar-refractivity contribution is 9.10. The Labute approximate surface area is 213 Å². The molecule has 35 heavy (non-hydrogen) atoms. The van der Waals surface area contributed by atoms with Crippen molar-refractivity contribution in [3.63, 3.8) is 0 Å². The first kappa shape index (κ1) is 26.4. The number of nitrogens with zero attached hydrogens (tertiary/aromatic N) is 1. The van der Waals surface area contributed by atoms with Crippen LogP contribution in [-0.4, -0.2) is 47.0 Å². The van der Waals surface area contributed by atoms with Crippen molar-refractivity contribution in [2.45, 2.75) is 11.8 Å². The fraction of sp³-hybridized carbons (Fsp3) is 0.200. The second kappa shape index (κ2) is 12.0. The zero-order valence-corrected chi connectivity index (χ0v) is 21.7. The van der Waals surface area contributed by atoms with Crippen molar-refractivity contribution in [3.05, 3.63) is 88.4 Å². The van der Waals surface area contributed by atoms with Crippen molar-refractivity contribution < 1.29 is 22.7 Å². The van der Waals surface area contributed by atoms with Crippen molar-refractivity contribution in [1.29, 1.82) is 0 Å². The van der Waals surface area contributed by atoms with Gasteiger partial charge in [-0.2, -0.15) is 0 Å². The summed E-state index contributed by atoms with van der Waals surface area (Å²) in [5, 5.41) is 5.39. The summed E-state index contributed by atoms with van der Waals surface area (Å²) in [5.41, 5.74) is 1.76. The predicted molar refractivity (Wildman–Crippen MR) is 139 cm³/mol. The summed E-state index contributed by atoms with van der Waals surface area (Å²) in [5.74, 6) is -0.980. The number of anilines is 2. The number of halogens is 1. The third kappa shape index (κ3) is 6.91. The quantitative estimate of drug-likeness (QED) is 0.366. The molecular weight excluding hydrogens is 534 g/mol. The molecule has 0 saturated carbocycles. The summed E-state index contributed by atoms with van der Waals surface area (Å²) < 4.78 is 33.7. The summed E-state index contributed by atoms with van der Waals surface area (Å²) in [7, 11) is -2.53. The van der Waals surface area contributed by atoms with Gasteiger partial charge in [-0.3, -0.25) is 13.9 Å². The van der Waals surface area contributed by atoms with Gasteiger partial charge in [-0.05, 0) is 49.4 Å². The molecule has 0 saturated heterocycles. The van der Waals surface area contributed by atoms with E-state index in [0.29, 0.717) is 23.3 Å². The Hall–Kier alpha value is -3.21. The largest absolute Gasteiger partial charge is 0.383 e. The molecule has 0 aromatic heterocycles. The highest BCUT2D eigenvalue weighted by Gasteiger charge is 2.28. The van der Waals surface area contributed by atoms with E-state index in [4.69, 9.17) is 4.74 Å². The van der Waals surface area contributed by atoms with Crippen LogP contribution in [0.2, 0.25) is 0 Å². The zero-order chi connectivity index (χ0) is 25.4. The second-order valence-corrected chi connectivity index (χ2v) is 10.4. The van der Waals surface area contributed by atoms with Crippen molar-refractivity contribution in [2.24, 2.45) is 0 Å². The first-order valence-corrected chi connectivity index (χ1v) is 13.0. The molecule has 0 aliphatic heterocycles. The maximum absolute atomic E-state index is 13.5. The third-order valence-corrected chi connectivity index (χ3v) is 7.31. The van der Waals surface area contributed by atoms with Gasteiger partial charge in [0.25, 0.3) is 15.9 Å². The second-order valence-electron chi connectivity index (χ2n) is 7.65. The number of methoxy groups -OCH3 is 1. The molecule has 0 fully saturated rings. The fourth-order valence-corrected chi connectivity index (χ4v) is 5.06. The Morgan fingerprint density at radius 1 is 1.00 bits per heavy atom. The van der Waals surface area contributed by atoms with Gasteiger partial charge in [0.2, 0.25) is 5.91 Å². The highest BCUT2D eigenvalue weighted by atomic mass is 79.9. The number of amides is 2. The minimum atomic E-state index is -4.06. The molecule has 0 unspecified atom stereocenters. The smallest absolute Gasteiger partial charge is 0.264 e. The van der Waals surface area contributed by atoms with E-state index in [1.54, 1.807) is 60.7 Å². The summed E-state index contributed by atoms with van der Waals surface area (Å²) in [6, 6.07) is 19.6. The van der Waals surface area contributed by atoms with Gasteiger partial charge in [0.05, 0.1) is 28.4 Å². The molecule has 0 bridgehead atoms.